The van der Waals surface area contributed by atoms with E-state index in [2.05, 4.69) is 9.98 Å². The zero-order chi connectivity index (χ0) is 21.4. The van der Waals surface area contributed by atoms with E-state index in [1.54, 1.807) is 30.9 Å². The van der Waals surface area contributed by atoms with E-state index in [4.69, 9.17) is 12.2 Å². The van der Waals surface area contributed by atoms with Crippen molar-refractivity contribution in [3.05, 3.63) is 84.9 Å². The van der Waals surface area contributed by atoms with E-state index in [1.165, 1.54) is 16.7 Å². The number of non-ortho nitro benzene ring substituents is 1. The van der Waals surface area contributed by atoms with Crippen molar-refractivity contribution in [3.63, 3.8) is 0 Å². The highest BCUT2D eigenvalue weighted by molar-refractivity contribution is 7.99. The average Bonchev–Trinajstić information content (AvgIpc) is 2.92. The van der Waals surface area contributed by atoms with Crippen molar-refractivity contribution >= 4 is 41.1 Å². The van der Waals surface area contributed by atoms with E-state index in [1.807, 2.05) is 24.3 Å². The highest BCUT2D eigenvalue weighted by Crippen LogP contribution is 2.45. The fourth-order valence-electron chi connectivity index (χ4n) is 3.23. The van der Waals surface area contributed by atoms with Crippen molar-refractivity contribution in [1.29, 1.82) is 0 Å². The van der Waals surface area contributed by atoms with Crippen LogP contribution in [0, 0.1) is 14.9 Å². The summed E-state index contributed by atoms with van der Waals surface area (Å²) in [7, 11) is 1.56. The molecule has 0 aliphatic carbocycles. The molecule has 0 spiro atoms. The van der Waals surface area contributed by atoms with E-state index in [0.29, 0.717) is 17.8 Å². The number of H-pyrrole nitrogens is 1. The highest BCUT2D eigenvalue weighted by atomic mass is 32.2. The van der Waals surface area contributed by atoms with Gasteiger partial charge in [-0.05, 0) is 29.9 Å². The third-order valence-electron chi connectivity index (χ3n) is 4.83. The summed E-state index contributed by atoms with van der Waals surface area (Å²) in [5.74, 6) is -0.255. The van der Waals surface area contributed by atoms with E-state index in [0.717, 1.165) is 10.5 Å². The second kappa shape index (κ2) is 7.88. The van der Waals surface area contributed by atoms with Gasteiger partial charge < -0.3 is 5.11 Å². The Morgan fingerprint density at radius 2 is 1.97 bits per heavy atom. The summed E-state index contributed by atoms with van der Waals surface area (Å²) in [5, 5.41) is 21.4. The Hall–Kier alpha value is -3.24. The molecule has 0 amide bonds. The van der Waals surface area contributed by atoms with E-state index in [9.17, 15) is 20.0 Å². The first-order chi connectivity index (χ1) is 14.3. The second-order valence-corrected chi connectivity index (χ2v) is 8.33. The number of nitrogens with zero attached hydrogens (tertiary/aromatic N) is 3. The Morgan fingerprint density at radius 1 is 1.27 bits per heavy atom. The quantitative estimate of drug-likeness (QED) is 0.354. The van der Waals surface area contributed by atoms with Crippen molar-refractivity contribution in [2.24, 2.45) is 12.0 Å². The van der Waals surface area contributed by atoms with Crippen molar-refractivity contribution < 1.29 is 10.0 Å². The Morgan fingerprint density at radius 3 is 2.67 bits per heavy atom. The zero-order valence-electron chi connectivity index (χ0n) is 15.7. The topological polar surface area (TPSA) is 114 Å². The summed E-state index contributed by atoms with van der Waals surface area (Å²) >= 11 is 6.62. The molecule has 2 aromatic carbocycles. The number of aromatic hydroxyl groups is 1. The van der Waals surface area contributed by atoms with Crippen LogP contribution in [-0.2, 0) is 7.05 Å². The minimum Gasteiger partial charge on any atom is -0.494 e. The Balaban J connectivity index is 1.86. The van der Waals surface area contributed by atoms with Crippen LogP contribution in [0.3, 0.4) is 0 Å². The largest absolute Gasteiger partial charge is 0.494 e. The van der Waals surface area contributed by atoms with Gasteiger partial charge in [-0.15, -0.1) is 11.8 Å². The van der Waals surface area contributed by atoms with Crippen LogP contribution >= 0.6 is 24.0 Å². The van der Waals surface area contributed by atoms with Gasteiger partial charge in [-0.25, -0.2) is 0 Å². The number of aromatic nitrogens is 2. The van der Waals surface area contributed by atoms with Crippen LogP contribution in [0.4, 0.5) is 11.4 Å². The van der Waals surface area contributed by atoms with Gasteiger partial charge in [0.25, 0.3) is 11.2 Å². The van der Waals surface area contributed by atoms with Gasteiger partial charge in [0, 0.05) is 35.7 Å². The number of para-hydroxylation sites is 1. The van der Waals surface area contributed by atoms with Gasteiger partial charge in [-0.2, -0.15) is 0 Å². The molecule has 1 aliphatic heterocycles. The maximum atomic E-state index is 12.6. The standard InChI is InChI=1S/C20H16N4O4S2/c1-23-19(26)17(18(25)22-20(23)29)14-10-16(11-6-8-12(9-7-11)24(27)28)30-15-5-3-2-4-13(15)21-14/h2-9,16,26H,10H2,1H3,(H,22,25,29)/t16-/m1/s1. The summed E-state index contributed by atoms with van der Waals surface area (Å²) in [6.07, 6.45) is 0.338. The maximum absolute atomic E-state index is 12.6. The average molecular weight is 441 g/mol. The molecule has 1 aliphatic rings. The highest BCUT2D eigenvalue weighted by Gasteiger charge is 2.26. The third-order valence-corrected chi connectivity index (χ3v) is 6.52. The summed E-state index contributed by atoms with van der Waals surface area (Å²) in [4.78, 5) is 31.3. The molecule has 152 valence electrons. The summed E-state index contributed by atoms with van der Waals surface area (Å²) in [6, 6.07) is 13.8. The molecule has 8 nitrogen and oxygen atoms in total. The second-order valence-electron chi connectivity index (χ2n) is 6.70. The van der Waals surface area contributed by atoms with E-state index in [-0.39, 0.29) is 27.2 Å². The van der Waals surface area contributed by atoms with Crippen molar-refractivity contribution in [3.8, 4) is 5.88 Å². The Labute approximate surface area is 180 Å². The van der Waals surface area contributed by atoms with Gasteiger partial charge in [0.1, 0.15) is 5.56 Å². The molecule has 1 atom stereocenters. The minimum absolute atomic E-state index is 0.00816. The predicted molar refractivity (Wildman–Crippen MR) is 117 cm³/mol. The molecule has 2 N–H and O–H groups in total. The van der Waals surface area contributed by atoms with Crippen LogP contribution < -0.4 is 5.56 Å². The summed E-state index contributed by atoms with van der Waals surface area (Å²) < 4.78 is 1.43. The van der Waals surface area contributed by atoms with Gasteiger partial charge in [0.05, 0.1) is 16.3 Å². The van der Waals surface area contributed by atoms with Crippen LogP contribution in [0.2, 0.25) is 0 Å². The van der Waals surface area contributed by atoms with Gasteiger partial charge in [-0.3, -0.25) is 29.5 Å². The lowest BCUT2D eigenvalue weighted by Gasteiger charge is -2.16. The number of nitro groups is 1. The molecule has 1 aromatic heterocycles. The van der Waals surface area contributed by atoms with Crippen LogP contribution in [0.1, 0.15) is 22.8 Å². The predicted octanol–water partition coefficient (Wildman–Crippen LogP) is 4.41. The number of hydrogen-bond acceptors (Lipinski definition) is 7. The molecular weight excluding hydrogens is 424 g/mol. The zero-order valence-corrected chi connectivity index (χ0v) is 17.4. The third kappa shape index (κ3) is 3.66. The Bertz CT molecular complexity index is 1300. The van der Waals surface area contributed by atoms with Crippen LogP contribution in [0.25, 0.3) is 0 Å². The number of aliphatic imine (C=N–C) groups is 1. The molecule has 0 unspecified atom stereocenters. The van der Waals surface area contributed by atoms with Crippen molar-refractivity contribution in [2.45, 2.75) is 16.6 Å². The number of aromatic amines is 1. The molecule has 30 heavy (non-hydrogen) atoms. The first-order valence-electron chi connectivity index (χ1n) is 8.95. The fourth-order valence-corrected chi connectivity index (χ4v) is 4.65. The molecular formula is C20H16N4O4S2. The monoisotopic (exact) mass is 440 g/mol. The lowest BCUT2D eigenvalue weighted by Crippen LogP contribution is -2.23. The summed E-state index contributed by atoms with van der Waals surface area (Å²) in [5.41, 5.74) is 1.52. The number of rotatable bonds is 3. The maximum Gasteiger partial charge on any atom is 0.269 e. The van der Waals surface area contributed by atoms with Gasteiger partial charge in [-0.1, -0.05) is 24.3 Å². The molecule has 0 saturated carbocycles. The van der Waals surface area contributed by atoms with Crippen LogP contribution in [0.5, 0.6) is 5.88 Å². The normalized spacial score (nSPS) is 15.8. The molecule has 0 bridgehead atoms. The molecule has 0 saturated heterocycles. The van der Waals surface area contributed by atoms with Gasteiger partial charge in [0.2, 0.25) is 5.88 Å². The van der Waals surface area contributed by atoms with Crippen molar-refractivity contribution in [2.75, 3.05) is 0 Å². The number of fused-ring (bicyclic) bond motifs is 1. The van der Waals surface area contributed by atoms with Gasteiger partial charge in [0.15, 0.2) is 4.77 Å². The Kier molecular flexibility index (Phi) is 5.27. The molecule has 3 aromatic rings. The van der Waals surface area contributed by atoms with E-state index >= 15 is 0 Å². The van der Waals surface area contributed by atoms with Crippen LogP contribution in [0.15, 0.2) is 63.2 Å². The van der Waals surface area contributed by atoms with Gasteiger partial charge >= 0.3 is 0 Å². The number of hydrogen-bond donors (Lipinski definition) is 2. The van der Waals surface area contributed by atoms with Crippen LogP contribution in [-0.4, -0.2) is 25.3 Å². The van der Waals surface area contributed by atoms with Crippen molar-refractivity contribution in [1.82, 2.24) is 9.55 Å². The van der Waals surface area contributed by atoms with E-state index < -0.39 is 10.5 Å². The number of thioether (sulfide) groups is 1. The first kappa shape index (κ1) is 20.0. The molecule has 4 rings (SSSR count). The molecule has 0 radical (unpaired) electrons. The fraction of sp³-hybridized carbons (Fsp3) is 0.150. The molecule has 10 heteroatoms. The first-order valence-corrected chi connectivity index (χ1v) is 10.2. The number of nitrogens with one attached hydrogen (secondary N) is 1. The lowest BCUT2D eigenvalue weighted by molar-refractivity contribution is -0.384. The number of benzene rings is 2. The number of nitro benzene ring substituents is 1. The SMILES string of the molecule is Cn1c(O)c(C2=Nc3ccccc3S[C@@H](c3ccc([N+](=O)[O-])cc3)C2)c(=O)[nH]c1=S. The molecule has 0 fully saturated rings. The smallest absolute Gasteiger partial charge is 0.269 e. The minimum atomic E-state index is -0.513. The lowest BCUT2D eigenvalue weighted by atomic mass is 10.0. The molecule has 2 heterocycles. The summed E-state index contributed by atoms with van der Waals surface area (Å²) in [6.45, 7) is 0.